The van der Waals surface area contributed by atoms with E-state index in [1.165, 1.54) is 39.1 Å². The lowest BCUT2D eigenvalue weighted by molar-refractivity contribution is -0.132. The summed E-state index contributed by atoms with van der Waals surface area (Å²) in [6, 6.07) is 4.42. The molecule has 1 aromatic carbocycles. The predicted octanol–water partition coefficient (Wildman–Crippen LogP) is 2.82. The zero-order valence-electron chi connectivity index (χ0n) is 12.6. The summed E-state index contributed by atoms with van der Waals surface area (Å²) in [5, 5.41) is 10.6. The molecule has 23 heavy (non-hydrogen) atoms. The molecule has 1 heterocycles. The van der Waals surface area contributed by atoms with Crippen LogP contribution in [0.2, 0.25) is 10.0 Å². The average molecular weight is 380 g/mol. The van der Waals surface area contributed by atoms with E-state index in [0.29, 0.717) is 5.56 Å². The molecule has 1 aliphatic heterocycles. The number of Topliss-reactive ketones (excluding diaryl/α,β-unsaturated/α-hetero) is 1. The van der Waals surface area contributed by atoms with Crippen LogP contribution in [0.5, 0.6) is 0 Å². The number of ether oxygens (including phenoxy) is 1. The predicted molar refractivity (Wildman–Crippen MR) is 86.8 cm³/mol. The van der Waals surface area contributed by atoms with Crippen LogP contribution < -0.4 is 0 Å². The van der Waals surface area contributed by atoms with Crippen LogP contribution in [0.15, 0.2) is 29.8 Å². The number of benzene rings is 1. The monoisotopic (exact) mass is 379 g/mol. The van der Waals surface area contributed by atoms with Gasteiger partial charge in [0.1, 0.15) is 0 Å². The molecule has 0 aliphatic carbocycles. The number of aliphatic hydroxyl groups excluding tert-OH is 1. The summed E-state index contributed by atoms with van der Waals surface area (Å²) in [4.78, 5) is 12.4. The number of carbonyl (C=O) groups is 1. The van der Waals surface area contributed by atoms with Crippen LogP contribution in [0.25, 0.3) is 0 Å². The highest BCUT2D eigenvalue weighted by atomic mass is 35.5. The van der Waals surface area contributed by atoms with E-state index in [0.717, 1.165) is 4.31 Å². The van der Waals surface area contributed by atoms with Gasteiger partial charge in [0.15, 0.2) is 5.60 Å². The van der Waals surface area contributed by atoms with Crippen molar-refractivity contribution in [3.05, 3.63) is 45.5 Å². The van der Waals surface area contributed by atoms with Gasteiger partial charge in [0.05, 0.1) is 5.75 Å². The lowest BCUT2D eigenvalue weighted by Crippen LogP contribution is -2.33. The SMILES string of the molecule is CCS(=O)(=O)N(C)C1=C(O)C(=O)C(C)(c2cc(Cl)cc(Cl)c2)O1. The summed E-state index contributed by atoms with van der Waals surface area (Å²) in [5.74, 6) is -2.17. The maximum Gasteiger partial charge on any atom is 0.251 e. The van der Waals surface area contributed by atoms with Crippen molar-refractivity contribution in [1.29, 1.82) is 0 Å². The highest BCUT2D eigenvalue weighted by Crippen LogP contribution is 2.41. The van der Waals surface area contributed by atoms with Crippen molar-refractivity contribution >= 4 is 39.0 Å². The van der Waals surface area contributed by atoms with E-state index in [1.807, 2.05) is 0 Å². The number of rotatable bonds is 4. The zero-order valence-corrected chi connectivity index (χ0v) is 15.0. The zero-order chi connectivity index (χ0) is 17.6. The third-order valence-corrected chi connectivity index (χ3v) is 5.80. The van der Waals surface area contributed by atoms with Crippen LogP contribution in [-0.4, -0.2) is 36.4 Å². The summed E-state index contributed by atoms with van der Waals surface area (Å²) in [7, 11) is -2.50. The first kappa shape index (κ1) is 17.9. The molecule has 1 N–H and O–H groups in total. The number of nitrogens with zero attached hydrogens (tertiary/aromatic N) is 1. The van der Waals surface area contributed by atoms with Crippen molar-refractivity contribution in [3.63, 3.8) is 0 Å². The number of ketones is 1. The molecule has 0 saturated heterocycles. The summed E-state index contributed by atoms with van der Waals surface area (Å²) < 4.78 is 30.2. The van der Waals surface area contributed by atoms with E-state index in [2.05, 4.69) is 0 Å². The number of halogens is 2. The quantitative estimate of drug-likeness (QED) is 0.869. The number of hydrogen-bond donors (Lipinski definition) is 1. The third-order valence-electron chi connectivity index (χ3n) is 3.63. The van der Waals surface area contributed by atoms with Gasteiger partial charge in [-0.05, 0) is 32.0 Å². The van der Waals surface area contributed by atoms with Gasteiger partial charge in [0.2, 0.25) is 15.8 Å². The van der Waals surface area contributed by atoms with Crippen LogP contribution in [0.4, 0.5) is 0 Å². The second-order valence-electron chi connectivity index (χ2n) is 5.14. The van der Waals surface area contributed by atoms with E-state index in [1.54, 1.807) is 0 Å². The van der Waals surface area contributed by atoms with Crippen LogP contribution in [0.1, 0.15) is 19.4 Å². The fourth-order valence-corrected chi connectivity index (χ4v) is 3.45. The minimum Gasteiger partial charge on any atom is -0.501 e. The van der Waals surface area contributed by atoms with Crippen LogP contribution in [0, 0.1) is 0 Å². The standard InChI is InChI=1S/C14H15Cl2NO5S/c1-4-23(20,21)17(3)13-11(18)12(19)14(2,22-13)8-5-9(15)7-10(16)6-8/h5-7,18H,4H2,1-3H3. The highest BCUT2D eigenvalue weighted by Gasteiger charge is 2.50. The fraction of sp³-hybridized carbons (Fsp3) is 0.357. The fourth-order valence-electron chi connectivity index (χ4n) is 2.16. The molecule has 0 aromatic heterocycles. The van der Waals surface area contributed by atoms with Crippen molar-refractivity contribution in [1.82, 2.24) is 4.31 Å². The van der Waals surface area contributed by atoms with E-state index in [4.69, 9.17) is 27.9 Å². The molecule has 9 heteroatoms. The van der Waals surface area contributed by atoms with Crippen LogP contribution in [-0.2, 0) is 25.2 Å². The molecule has 1 atom stereocenters. The Labute approximate surface area is 144 Å². The molecule has 1 aliphatic rings. The van der Waals surface area contributed by atoms with Gasteiger partial charge in [0, 0.05) is 22.7 Å². The Bertz CT molecular complexity index is 785. The largest absolute Gasteiger partial charge is 0.501 e. The number of hydrogen-bond acceptors (Lipinski definition) is 5. The molecule has 0 amide bonds. The lowest BCUT2D eigenvalue weighted by Gasteiger charge is -2.26. The molecular formula is C14H15Cl2NO5S. The maximum atomic E-state index is 12.4. The first-order valence-corrected chi connectivity index (χ1v) is 8.99. The number of aliphatic hydroxyl groups is 1. The van der Waals surface area contributed by atoms with E-state index in [9.17, 15) is 18.3 Å². The minimum atomic E-state index is -3.70. The second kappa shape index (κ2) is 5.89. The Kier molecular flexibility index (Phi) is 4.58. The molecule has 1 unspecified atom stereocenters. The van der Waals surface area contributed by atoms with Gasteiger partial charge in [0.25, 0.3) is 11.7 Å². The van der Waals surface area contributed by atoms with Crippen LogP contribution in [0.3, 0.4) is 0 Å². The van der Waals surface area contributed by atoms with Crippen LogP contribution >= 0.6 is 23.2 Å². The maximum absolute atomic E-state index is 12.4. The van der Waals surface area contributed by atoms with Gasteiger partial charge in [-0.25, -0.2) is 12.7 Å². The Hall–Kier alpha value is -1.44. The highest BCUT2D eigenvalue weighted by molar-refractivity contribution is 7.89. The Morgan fingerprint density at radius 2 is 1.78 bits per heavy atom. The third kappa shape index (κ3) is 3.00. The number of sulfonamides is 1. The summed E-state index contributed by atoms with van der Waals surface area (Å²) in [5.41, 5.74) is -1.31. The lowest BCUT2D eigenvalue weighted by atomic mass is 9.92. The molecule has 126 valence electrons. The smallest absolute Gasteiger partial charge is 0.251 e. The van der Waals surface area contributed by atoms with Gasteiger partial charge >= 0.3 is 0 Å². The van der Waals surface area contributed by atoms with Crippen molar-refractivity contribution in [2.75, 3.05) is 12.8 Å². The molecule has 2 rings (SSSR count). The Morgan fingerprint density at radius 1 is 1.26 bits per heavy atom. The molecule has 0 bridgehead atoms. The number of carbonyl (C=O) groups excluding carboxylic acids is 1. The molecule has 0 fully saturated rings. The van der Waals surface area contributed by atoms with Gasteiger partial charge in [-0.3, -0.25) is 4.79 Å². The minimum absolute atomic E-state index is 0.211. The molecule has 1 aromatic rings. The first-order valence-electron chi connectivity index (χ1n) is 6.63. The molecule has 0 saturated carbocycles. The van der Waals surface area contributed by atoms with E-state index in [-0.39, 0.29) is 15.8 Å². The second-order valence-corrected chi connectivity index (χ2v) is 8.31. The van der Waals surface area contributed by atoms with E-state index < -0.39 is 33.0 Å². The molecule has 0 spiro atoms. The van der Waals surface area contributed by atoms with E-state index >= 15 is 0 Å². The summed E-state index contributed by atoms with van der Waals surface area (Å²) in [6.45, 7) is 2.85. The van der Waals surface area contributed by atoms with Crippen molar-refractivity contribution < 1.29 is 23.1 Å². The summed E-state index contributed by atoms with van der Waals surface area (Å²) >= 11 is 11.9. The molecular weight excluding hydrogens is 365 g/mol. The Morgan fingerprint density at radius 3 is 2.26 bits per heavy atom. The van der Waals surface area contributed by atoms with Gasteiger partial charge in [-0.1, -0.05) is 23.2 Å². The topological polar surface area (TPSA) is 83.9 Å². The first-order chi connectivity index (χ1) is 10.5. The van der Waals surface area contributed by atoms with Gasteiger partial charge in [-0.2, -0.15) is 0 Å². The summed E-state index contributed by atoms with van der Waals surface area (Å²) in [6.07, 6.45) is 0. The van der Waals surface area contributed by atoms with Gasteiger partial charge < -0.3 is 9.84 Å². The molecule has 0 radical (unpaired) electrons. The van der Waals surface area contributed by atoms with Gasteiger partial charge in [-0.15, -0.1) is 0 Å². The average Bonchev–Trinajstić information content (AvgIpc) is 2.71. The van der Waals surface area contributed by atoms with Crippen molar-refractivity contribution in [3.8, 4) is 0 Å². The molecule has 6 nitrogen and oxygen atoms in total. The van der Waals surface area contributed by atoms with Crippen molar-refractivity contribution in [2.45, 2.75) is 19.4 Å². The Balaban J connectivity index is 2.49. The normalized spacial score (nSPS) is 21.5. The van der Waals surface area contributed by atoms with Crippen molar-refractivity contribution in [2.24, 2.45) is 0 Å².